The van der Waals surface area contributed by atoms with Gasteiger partial charge in [-0.1, -0.05) is 0 Å². The van der Waals surface area contributed by atoms with Gasteiger partial charge in [0, 0.05) is 10.3 Å². The lowest BCUT2D eigenvalue weighted by Gasteiger charge is -2.06. The van der Waals surface area contributed by atoms with E-state index in [2.05, 4.69) is 5.32 Å². The number of hydrogen-bond donors (Lipinski definition) is 1. The van der Waals surface area contributed by atoms with Crippen LogP contribution in [0.25, 0.3) is 0 Å². The van der Waals surface area contributed by atoms with Crippen LogP contribution in [0.5, 0.6) is 0 Å². The molecule has 2 aromatic heterocycles. The molecule has 0 fully saturated rings. The van der Waals surface area contributed by atoms with E-state index < -0.39 is 24.5 Å². The lowest BCUT2D eigenvalue weighted by molar-refractivity contribution is -0.119. The monoisotopic (exact) mass is 353 g/mol. The second kappa shape index (κ2) is 7.38. The third-order valence-corrected chi connectivity index (χ3v) is 4.92. The van der Waals surface area contributed by atoms with Gasteiger partial charge in [-0.05, 0) is 30.9 Å². The van der Waals surface area contributed by atoms with E-state index in [0.29, 0.717) is 16.1 Å². The lowest BCUT2D eigenvalue weighted by atomic mass is 10.1. The highest BCUT2D eigenvalue weighted by molar-refractivity contribution is 7.16. The standard InChI is InChI=1S/C15H15NO5S2/c1-8-9(2)23-13(12(8)15(19)20-3)16-11(17)6-21-14(18)10-4-5-22-7-10/h4-5,7H,6H2,1-3H3,(H,16,17). The third-order valence-electron chi connectivity index (χ3n) is 3.12. The second-order valence-electron chi connectivity index (χ2n) is 4.62. The molecule has 0 bridgehead atoms. The van der Waals surface area contributed by atoms with Crippen molar-refractivity contribution in [3.8, 4) is 0 Å². The van der Waals surface area contributed by atoms with Gasteiger partial charge in [-0.25, -0.2) is 9.59 Å². The summed E-state index contributed by atoms with van der Waals surface area (Å²) in [6.45, 7) is 3.20. The second-order valence-corrected chi connectivity index (χ2v) is 6.62. The number of carbonyl (C=O) groups is 3. The molecule has 0 aliphatic carbocycles. The van der Waals surface area contributed by atoms with Gasteiger partial charge in [0.05, 0.1) is 18.2 Å². The van der Waals surface area contributed by atoms with Crippen LogP contribution in [0.3, 0.4) is 0 Å². The number of hydrogen-bond acceptors (Lipinski definition) is 7. The Hall–Kier alpha value is -2.19. The first kappa shape index (κ1) is 17.2. The Labute approximate surface area is 141 Å². The Morgan fingerprint density at radius 1 is 1.22 bits per heavy atom. The molecule has 122 valence electrons. The van der Waals surface area contributed by atoms with Crippen molar-refractivity contribution in [1.82, 2.24) is 0 Å². The van der Waals surface area contributed by atoms with Crippen LogP contribution < -0.4 is 5.32 Å². The molecule has 0 saturated heterocycles. The molecule has 8 heteroatoms. The first-order valence-electron chi connectivity index (χ1n) is 6.61. The van der Waals surface area contributed by atoms with Crippen LogP contribution in [0.15, 0.2) is 16.8 Å². The zero-order chi connectivity index (χ0) is 17.0. The van der Waals surface area contributed by atoms with Crippen molar-refractivity contribution in [1.29, 1.82) is 0 Å². The molecule has 6 nitrogen and oxygen atoms in total. The number of nitrogens with one attached hydrogen (secondary N) is 1. The predicted molar refractivity (Wildman–Crippen MR) is 88.4 cm³/mol. The van der Waals surface area contributed by atoms with Gasteiger partial charge in [0.1, 0.15) is 5.00 Å². The van der Waals surface area contributed by atoms with E-state index in [9.17, 15) is 14.4 Å². The number of carbonyl (C=O) groups excluding carboxylic acids is 3. The summed E-state index contributed by atoms with van der Waals surface area (Å²) in [5.74, 6) is -1.59. The molecule has 2 heterocycles. The van der Waals surface area contributed by atoms with E-state index in [-0.39, 0.29) is 0 Å². The highest BCUT2D eigenvalue weighted by Crippen LogP contribution is 2.32. The van der Waals surface area contributed by atoms with Crippen molar-refractivity contribution in [3.05, 3.63) is 38.4 Å². The molecular formula is C15H15NO5S2. The van der Waals surface area contributed by atoms with Crippen LogP contribution in [0.2, 0.25) is 0 Å². The number of anilines is 1. The summed E-state index contributed by atoms with van der Waals surface area (Å²) in [5, 5.41) is 6.37. The van der Waals surface area contributed by atoms with Crippen molar-refractivity contribution >= 4 is 45.5 Å². The first-order chi connectivity index (χ1) is 10.9. The number of thiophene rings is 2. The summed E-state index contributed by atoms with van der Waals surface area (Å²) in [6.07, 6.45) is 0. The Morgan fingerprint density at radius 3 is 2.57 bits per heavy atom. The molecule has 23 heavy (non-hydrogen) atoms. The fourth-order valence-electron chi connectivity index (χ4n) is 1.82. The van der Waals surface area contributed by atoms with Crippen LogP contribution in [0.4, 0.5) is 5.00 Å². The van der Waals surface area contributed by atoms with E-state index >= 15 is 0 Å². The number of methoxy groups -OCH3 is 1. The van der Waals surface area contributed by atoms with Gasteiger partial charge < -0.3 is 14.8 Å². The molecule has 2 rings (SSSR count). The smallest absolute Gasteiger partial charge is 0.341 e. The fraction of sp³-hybridized carbons (Fsp3) is 0.267. The molecule has 0 aliphatic heterocycles. The minimum Gasteiger partial charge on any atom is -0.465 e. The molecule has 1 N–H and O–H groups in total. The molecule has 0 aromatic carbocycles. The Kier molecular flexibility index (Phi) is 5.51. The van der Waals surface area contributed by atoms with Gasteiger partial charge in [0.25, 0.3) is 5.91 Å². The molecular weight excluding hydrogens is 338 g/mol. The van der Waals surface area contributed by atoms with E-state index in [1.54, 1.807) is 23.8 Å². The van der Waals surface area contributed by atoms with Crippen molar-refractivity contribution in [2.24, 2.45) is 0 Å². The van der Waals surface area contributed by atoms with Gasteiger partial charge in [-0.15, -0.1) is 11.3 Å². The maximum Gasteiger partial charge on any atom is 0.341 e. The molecule has 0 radical (unpaired) electrons. The van der Waals surface area contributed by atoms with Crippen molar-refractivity contribution in [3.63, 3.8) is 0 Å². The van der Waals surface area contributed by atoms with Crippen molar-refractivity contribution < 1.29 is 23.9 Å². The Morgan fingerprint density at radius 2 is 1.96 bits per heavy atom. The van der Waals surface area contributed by atoms with Crippen LogP contribution in [0.1, 0.15) is 31.2 Å². The van der Waals surface area contributed by atoms with Gasteiger partial charge >= 0.3 is 11.9 Å². The normalized spacial score (nSPS) is 10.2. The number of rotatable bonds is 5. The highest BCUT2D eigenvalue weighted by atomic mass is 32.1. The topological polar surface area (TPSA) is 81.7 Å². The van der Waals surface area contributed by atoms with Gasteiger partial charge in [-0.3, -0.25) is 4.79 Å². The maximum atomic E-state index is 11.9. The summed E-state index contributed by atoms with van der Waals surface area (Å²) < 4.78 is 9.66. The summed E-state index contributed by atoms with van der Waals surface area (Å²) in [4.78, 5) is 36.3. The maximum absolute atomic E-state index is 11.9. The number of ether oxygens (including phenoxy) is 2. The number of esters is 2. The van der Waals surface area contributed by atoms with Crippen molar-refractivity contribution in [2.75, 3.05) is 19.0 Å². The first-order valence-corrected chi connectivity index (χ1v) is 8.37. The number of amides is 1. The fourth-order valence-corrected chi connectivity index (χ4v) is 3.51. The minimum absolute atomic E-state index is 0.326. The number of aryl methyl sites for hydroxylation is 1. The van der Waals surface area contributed by atoms with E-state index in [0.717, 1.165) is 10.4 Å². The average Bonchev–Trinajstić information content (AvgIpc) is 3.14. The van der Waals surface area contributed by atoms with Gasteiger partial charge in [-0.2, -0.15) is 11.3 Å². The summed E-state index contributed by atoms with van der Waals surface area (Å²) in [5.41, 5.74) is 1.49. The summed E-state index contributed by atoms with van der Waals surface area (Å²) in [6, 6.07) is 1.62. The van der Waals surface area contributed by atoms with Crippen LogP contribution in [-0.2, 0) is 14.3 Å². The summed E-state index contributed by atoms with van der Waals surface area (Å²) in [7, 11) is 1.28. The van der Waals surface area contributed by atoms with Crippen molar-refractivity contribution in [2.45, 2.75) is 13.8 Å². The minimum atomic E-state index is -0.562. The van der Waals surface area contributed by atoms with Crippen LogP contribution >= 0.6 is 22.7 Å². The highest BCUT2D eigenvalue weighted by Gasteiger charge is 2.22. The molecule has 1 amide bonds. The zero-order valence-electron chi connectivity index (χ0n) is 12.8. The quantitative estimate of drug-likeness (QED) is 0.836. The zero-order valence-corrected chi connectivity index (χ0v) is 14.4. The average molecular weight is 353 g/mol. The predicted octanol–water partition coefficient (Wildman–Crippen LogP) is 3.01. The van der Waals surface area contributed by atoms with Gasteiger partial charge in [0.15, 0.2) is 6.61 Å². The van der Waals surface area contributed by atoms with Gasteiger partial charge in [0.2, 0.25) is 0 Å². The molecule has 0 unspecified atom stereocenters. The van der Waals surface area contributed by atoms with E-state index in [1.807, 2.05) is 6.92 Å². The molecule has 0 saturated carbocycles. The van der Waals surface area contributed by atoms with Crippen LogP contribution in [0, 0.1) is 13.8 Å². The lowest BCUT2D eigenvalue weighted by Crippen LogP contribution is -2.21. The van der Waals surface area contributed by atoms with Crippen LogP contribution in [-0.4, -0.2) is 31.6 Å². The van der Waals surface area contributed by atoms with E-state index in [1.165, 1.54) is 29.8 Å². The molecule has 0 spiro atoms. The Balaban J connectivity index is 2.02. The summed E-state index contributed by atoms with van der Waals surface area (Å²) >= 11 is 2.64. The SMILES string of the molecule is COC(=O)c1c(NC(=O)COC(=O)c2ccsc2)sc(C)c1C. The third kappa shape index (κ3) is 3.96. The molecule has 0 atom stereocenters. The van der Waals surface area contributed by atoms with E-state index in [4.69, 9.17) is 9.47 Å². The largest absolute Gasteiger partial charge is 0.465 e. The molecule has 2 aromatic rings. The molecule has 0 aliphatic rings. The Bertz CT molecular complexity index is 733.